The molecular formula is C25H44O2. The van der Waals surface area contributed by atoms with Crippen LogP contribution in [0.5, 0.6) is 0 Å². The molecule has 0 aromatic heterocycles. The molecular weight excluding hydrogens is 332 g/mol. The van der Waals surface area contributed by atoms with Gasteiger partial charge < -0.3 is 4.74 Å². The highest BCUT2D eigenvalue weighted by Crippen LogP contribution is 2.38. The zero-order valence-corrected chi connectivity index (χ0v) is 18.1. The zero-order chi connectivity index (χ0) is 19.1. The summed E-state index contributed by atoms with van der Waals surface area (Å²) in [5.74, 6) is 4.15. The number of ether oxygens (including phenoxy) is 1. The molecule has 0 aromatic carbocycles. The number of cyclic esters (lactones) is 1. The number of rotatable bonds is 8. The average Bonchev–Trinajstić information content (AvgIpc) is 2.69. The van der Waals surface area contributed by atoms with Crippen LogP contribution in [0.15, 0.2) is 0 Å². The lowest BCUT2D eigenvalue weighted by Gasteiger charge is -2.33. The molecule has 27 heavy (non-hydrogen) atoms. The number of hydrogen-bond donors (Lipinski definition) is 0. The molecule has 2 aliphatic carbocycles. The summed E-state index contributed by atoms with van der Waals surface area (Å²) in [6, 6.07) is 0. The van der Waals surface area contributed by atoms with E-state index >= 15 is 0 Å². The van der Waals surface area contributed by atoms with E-state index in [1.54, 1.807) is 0 Å². The third kappa shape index (κ3) is 6.79. The predicted molar refractivity (Wildman–Crippen MR) is 113 cm³/mol. The molecule has 2 nitrogen and oxygen atoms in total. The standard InChI is InChI=1S/C25H44O2/c1-3-4-20-6-8-21(9-7-20)10-11-22-12-14-23(15-13-22)16-18-24-17-5-19(2)25(26)27-24/h19-24H,3-18H2,1-2H3. The van der Waals surface area contributed by atoms with Crippen LogP contribution in [-0.4, -0.2) is 12.1 Å². The Kier molecular flexibility index (Phi) is 8.52. The van der Waals surface area contributed by atoms with Crippen LogP contribution in [0.3, 0.4) is 0 Å². The third-order valence-corrected chi connectivity index (χ3v) is 8.12. The first-order valence-electron chi connectivity index (χ1n) is 12.3. The fourth-order valence-corrected chi connectivity index (χ4v) is 6.02. The summed E-state index contributed by atoms with van der Waals surface area (Å²) in [6.07, 6.45) is 22.4. The molecule has 3 aliphatic rings. The Balaban J connectivity index is 1.25. The van der Waals surface area contributed by atoms with Crippen LogP contribution < -0.4 is 0 Å². The Hall–Kier alpha value is -0.530. The van der Waals surface area contributed by atoms with Gasteiger partial charge in [-0.3, -0.25) is 4.79 Å². The van der Waals surface area contributed by atoms with Gasteiger partial charge in [0.25, 0.3) is 0 Å². The van der Waals surface area contributed by atoms with E-state index in [1.165, 1.54) is 83.5 Å². The Bertz CT molecular complexity index is 430. The van der Waals surface area contributed by atoms with Gasteiger partial charge in [0, 0.05) is 0 Å². The van der Waals surface area contributed by atoms with E-state index < -0.39 is 0 Å². The normalized spacial score (nSPS) is 37.8. The highest BCUT2D eigenvalue weighted by atomic mass is 16.5. The molecule has 156 valence electrons. The van der Waals surface area contributed by atoms with E-state index in [9.17, 15) is 4.79 Å². The molecule has 1 aliphatic heterocycles. The Labute approximate surface area is 168 Å². The number of carbonyl (C=O) groups excluding carboxylic acids is 1. The molecule has 1 heterocycles. The minimum Gasteiger partial charge on any atom is -0.462 e. The molecule has 1 saturated heterocycles. The van der Waals surface area contributed by atoms with Crippen molar-refractivity contribution in [1.82, 2.24) is 0 Å². The Morgan fingerprint density at radius 1 is 0.667 bits per heavy atom. The highest BCUT2D eigenvalue weighted by Gasteiger charge is 2.28. The van der Waals surface area contributed by atoms with Crippen LogP contribution in [-0.2, 0) is 9.53 Å². The zero-order valence-electron chi connectivity index (χ0n) is 18.1. The number of carbonyl (C=O) groups is 1. The van der Waals surface area contributed by atoms with Gasteiger partial charge in [0.1, 0.15) is 6.10 Å². The highest BCUT2D eigenvalue weighted by molar-refractivity contribution is 5.72. The van der Waals surface area contributed by atoms with E-state index in [4.69, 9.17) is 4.74 Å². The molecule has 3 rings (SSSR count). The summed E-state index contributed by atoms with van der Waals surface area (Å²) in [5, 5.41) is 0. The molecule has 2 saturated carbocycles. The third-order valence-electron chi connectivity index (χ3n) is 8.12. The second-order valence-electron chi connectivity index (χ2n) is 10.3. The van der Waals surface area contributed by atoms with Crippen molar-refractivity contribution in [3.8, 4) is 0 Å². The lowest BCUT2D eigenvalue weighted by Crippen LogP contribution is -2.30. The quantitative estimate of drug-likeness (QED) is 0.415. The fraction of sp³-hybridized carbons (Fsp3) is 0.960. The summed E-state index contributed by atoms with van der Waals surface area (Å²) < 4.78 is 5.60. The van der Waals surface area contributed by atoms with Crippen molar-refractivity contribution in [1.29, 1.82) is 0 Å². The first-order valence-corrected chi connectivity index (χ1v) is 12.3. The van der Waals surface area contributed by atoms with E-state index in [-0.39, 0.29) is 18.0 Å². The second kappa shape index (κ2) is 10.9. The van der Waals surface area contributed by atoms with Crippen LogP contribution in [0, 0.1) is 29.6 Å². The van der Waals surface area contributed by atoms with Crippen molar-refractivity contribution in [3.05, 3.63) is 0 Å². The van der Waals surface area contributed by atoms with Gasteiger partial charge in [-0.2, -0.15) is 0 Å². The average molecular weight is 377 g/mol. The molecule has 3 fully saturated rings. The second-order valence-corrected chi connectivity index (χ2v) is 10.3. The summed E-state index contributed by atoms with van der Waals surface area (Å²) in [6.45, 7) is 4.33. The van der Waals surface area contributed by atoms with Crippen LogP contribution in [0.25, 0.3) is 0 Å². The van der Waals surface area contributed by atoms with Gasteiger partial charge in [0.2, 0.25) is 0 Å². The van der Waals surface area contributed by atoms with Crippen LogP contribution in [0.2, 0.25) is 0 Å². The van der Waals surface area contributed by atoms with Crippen molar-refractivity contribution in [3.63, 3.8) is 0 Å². The Morgan fingerprint density at radius 3 is 1.56 bits per heavy atom. The smallest absolute Gasteiger partial charge is 0.308 e. The van der Waals surface area contributed by atoms with Gasteiger partial charge in [0.15, 0.2) is 0 Å². The van der Waals surface area contributed by atoms with Gasteiger partial charge in [-0.25, -0.2) is 0 Å². The van der Waals surface area contributed by atoms with Crippen LogP contribution in [0.4, 0.5) is 0 Å². The van der Waals surface area contributed by atoms with Gasteiger partial charge in [-0.15, -0.1) is 0 Å². The summed E-state index contributed by atoms with van der Waals surface area (Å²) in [7, 11) is 0. The molecule has 0 radical (unpaired) electrons. The molecule has 0 spiro atoms. The molecule has 0 N–H and O–H groups in total. The molecule has 0 bridgehead atoms. The van der Waals surface area contributed by atoms with Gasteiger partial charge in [-0.05, 0) is 49.4 Å². The maximum atomic E-state index is 11.7. The topological polar surface area (TPSA) is 26.3 Å². The van der Waals surface area contributed by atoms with Crippen LogP contribution in [0.1, 0.15) is 117 Å². The lowest BCUT2D eigenvalue weighted by molar-refractivity contribution is -0.160. The van der Waals surface area contributed by atoms with E-state index in [0.29, 0.717) is 0 Å². The molecule has 0 amide bonds. The predicted octanol–water partition coefficient (Wildman–Crippen LogP) is 7.30. The number of esters is 1. The van der Waals surface area contributed by atoms with Crippen molar-refractivity contribution in [2.75, 3.05) is 0 Å². The first kappa shape index (κ1) is 21.2. The van der Waals surface area contributed by atoms with Crippen LogP contribution >= 0.6 is 0 Å². The monoisotopic (exact) mass is 376 g/mol. The summed E-state index contributed by atoms with van der Waals surface area (Å²) >= 11 is 0. The number of hydrogen-bond acceptors (Lipinski definition) is 2. The minimum absolute atomic E-state index is 0.0404. The van der Waals surface area contributed by atoms with Crippen molar-refractivity contribution in [2.24, 2.45) is 29.6 Å². The van der Waals surface area contributed by atoms with Gasteiger partial charge in [0.05, 0.1) is 5.92 Å². The van der Waals surface area contributed by atoms with Crippen molar-refractivity contribution >= 4 is 5.97 Å². The summed E-state index contributed by atoms with van der Waals surface area (Å²) in [5.41, 5.74) is 0. The SMILES string of the molecule is CCCC1CCC(CCC2CCC(CCC3CCC(C)C(=O)O3)CC2)CC1. The minimum atomic E-state index is 0.0404. The first-order chi connectivity index (χ1) is 13.1. The molecule has 2 atom stereocenters. The van der Waals surface area contributed by atoms with Crippen molar-refractivity contribution < 1.29 is 9.53 Å². The molecule has 2 unspecified atom stereocenters. The largest absolute Gasteiger partial charge is 0.462 e. The lowest BCUT2D eigenvalue weighted by atomic mass is 9.74. The van der Waals surface area contributed by atoms with Gasteiger partial charge in [-0.1, -0.05) is 90.9 Å². The summed E-state index contributed by atoms with van der Waals surface area (Å²) in [4.78, 5) is 11.7. The Morgan fingerprint density at radius 2 is 1.11 bits per heavy atom. The van der Waals surface area contributed by atoms with E-state index in [1.807, 2.05) is 6.92 Å². The maximum absolute atomic E-state index is 11.7. The van der Waals surface area contributed by atoms with E-state index in [2.05, 4.69) is 6.92 Å². The van der Waals surface area contributed by atoms with Crippen molar-refractivity contribution in [2.45, 2.75) is 123 Å². The fourth-order valence-electron chi connectivity index (χ4n) is 6.02. The molecule has 0 aromatic rings. The maximum Gasteiger partial charge on any atom is 0.308 e. The van der Waals surface area contributed by atoms with Gasteiger partial charge >= 0.3 is 5.97 Å². The molecule has 2 heteroatoms. The van der Waals surface area contributed by atoms with E-state index in [0.717, 1.165) is 42.9 Å².